The van der Waals surface area contributed by atoms with E-state index >= 15 is 0 Å². The van der Waals surface area contributed by atoms with E-state index in [0.29, 0.717) is 0 Å². The quantitative estimate of drug-likeness (QED) is 0.195. The van der Waals surface area contributed by atoms with Gasteiger partial charge >= 0.3 is 0 Å². The summed E-state index contributed by atoms with van der Waals surface area (Å²) < 4.78 is 0. The van der Waals surface area contributed by atoms with Crippen LogP contribution in [0.25, 0.3) is 98.7 Å². The molecule has 0 atom stereocenters. The molecule has 0 bridgehead atoms. The van der Waals surface area contributed by atoms with Crippen LogP contribution in [0.3, 0.4) is 0 Å². The zero-order chi connectivity index (χ0) is 30.2. The van der Waals surface area contributed by atoms with Gasteiger partial charge in [-0.3, -0.25) is 0 Å². The van der Waals surface area contributed by atoms with Crippen molar-refractivity contribution >= 4 is 43.1 Å². The first-order valence-corrected chi connectivity index (χ1v) is 16.0. The van der Waals surface area contributed by atoms with Crippen molar-refractivity contribution in [3.63, 3.8) is 0 Å². The standard InChI is InChI=1S/C46H28/c1-2-11-29(12-3-1)35-23-24-39(38-19-7-6-18-36(35)38)43-26-33-28-45-41-22-10-16-31-15-9-21-40(46(31)41)44(45)27-32(33)25-42(43)37-20-8-14-30-13-4-5-17-34(30)37/h1-28H. The molecule has 212 valence electrons. The van der Waals surface area contributed by atoms with Crippen molar-refractivity contribution in [2.24, 2.45) is 0 Å². The zero-order valence-electron chi connectivity index (χ0n) is 25.2. The maximum atomic E-state index is 2.44. The molecule has 0 heteroatoms. The Bertz CT molecular complexity index is 2670. The van der Waals surface area contributed by atoms with E-state index in [1.54, 1.807) is 0 Å². The topological polar surface area (TPSA) is 0 Å². The highest BCUT2D eigenvalue weighted by Gasteiger charge is 2.23. The van der Waals surface area contributed by atoms with Crippen LogP contribution in [0.4, 0.5) is 0 Å². The van der Waals surface area contributed by atoms with Crippen LogP contribution < -0.4 is 0 Å². The molecule has 0 aliphatic heterocycles. The number of benzene rings is 9. The molecule has 9 aromatic rings. The highest BCUT2D eigenvalue weighted by atomic mass is 14.3. The predicted octanol–water partition coefficient (Wildman–Crippen LogP) is 12.9. The van der Waals surface area contributed by atoms with Crippen LogP contribution in [-0.4, -0.2) is 0 Å². The Morgan fingerprint density at radius 2 is 0.652 bits per heavy atom. The lowest BCUT2D eigenvalue weighted by Gasteiger charge is -2.18. The first kappa shape index (κ1) is 25.4. The fourth-order valence-corrected chi connectivity index (χ4v) is 7.89. The lowest BCUT2D eigenvalue weighted by atomic mass is 9.85. The molecule has 0 saturated heterocycles. The second kappa shape index (κ2) is 9.76. The number of hydrogen-bond donors (Lipinski definition) is 0. The van der Waals surface area contributed by atoms with Gasteiger partial charge in [-0.2, -0.15) is 0 Å². The minimum absolute atomic E-state index is 1.24. The number of hydrogen-bond acceptors (Lipinski definition) is 0. The molecule has 0 N–H and O–H groups in total. The molecular weight excluding hydrogens is 553 g/mol. The van der Waals surface area contributed by atoms with Gasteiger partial charge in [-0.1, -0.05) is 146 Å². The Hall–Kier alpha value is -5.98. The van der Waals surface area contributed by atoms with Crippen LogP contribution in [-0.2, 0) is 0 Å². The first-order chi connectivity index (χ1) is 22.8. The van der Waals surface area contributed by atoms with Gasteiger partial charge in [-0.25, -0.2) is 0 Å². The van der Waals surface area contributed by atoms with Crippen molar-refractivity contribution < 1.29 is 0 Å². The normalized spacial score (nSPS) is 11.9. The van der Waals surface area contributed by atoms with Crippen LogP contribution in [0.15, 0.2) is 170 Å². The van der Waals surface area contributed by atoms with Gasteiger partial charge in [-0.15, -0.1) is 0 Å². The molecule has 0 heterocycles. The third-order valence-corrected chi connectivity index (χ3v) is 9.98. The van der Waals surface area contributed by atoms with Crippen molar-refractivity contribution in [1.82, 2.24) is 0 Å². The fraction of sp³-hybridized carbons (Fsp3) is 0. The van der Waals surface area contributed by atoms with Crippen LogP contribution in [0.1, 0.15) is 0 Å². The molecule has 1 aliphatic rings. The Morgan fingerprint density at radius 1 is 0.217 bits per heavy atom. The largest absolute Gasteiger partial charge is 0.0622 e. The minimum Gasteiger partial charge on any atom is -0.0622 e. The molecule has 0 aromatic heterocycles. The number of rotatable bonds is 3. The Balaban J connectivity index is 1.30. The van der Waals surface area contributed by atoms with Crippen molar-refractivity contribution in [2.45, 2.75) is 0 Å². The third-order valence-electron chi connectivity index (χ3n) is 9.98. The average Bonchev–Trinajstić information content (AvgIpc) is 3.43. The highest BCUT2D eigenvalue weighted by Crippen LogP contribution is 2.50. The van der Waals surface area contributed by atoms with E-state index < -0.39 is 0 Å². The van der Waals surface area contributed by atoms with Crippen LogP contribution in [0.5, 0.6) is 0 Å². The molecule has 0 saturated carbocycles. The van der Waals surface area contributed by atoms with Gasteiger partial charge in [0.15, 0.2) is 0 Å². The highest BCUT2D eigenvalue weighted by molar-refractivity contribution is 6.18. The molecule has 0 spiro atoms. The fourth-order valence-electron chi connectivity index (χ4n) is 7.89. The second-order valence-corrected chi connectivity index (χ2v) is 12.5. The Labute approximate surface area is 267 Å². The zero-order valence-corrected chi connectivity index (χ0v) is 25.2. The van der Waals surface area contributed by atoms with Gasteiger partial charge < -0.3 is 0 Å². The van der Waals surface area contributed by atoms with Gasteiger partial charge in [0.05, 0.1) is 0 Å². The number of fused-ring (bicyclic) bond motifs is 6. The molecule has 9 aromatic carbocycles. The molecule has 1 aliphatic carbocycles. The monoisotopic (exact) mass is 580 g/mol. The van der Waals surface area contributed by atoms with Gasteiger partial charge in [-0.05, 0) is 123 Å². The van der Waals surface area contributed by atoms with E-state index in [0.717, 1.165) is 0 Å². The van der Waals surface area contributed by atoms with Crippen LogP contribution in [0.2, 0.25) is 0 Å². The van der Waals surface area contributed by atoms with E-state index in [1.807, 2.05) is 0 Å². The lowest BCUT2D eigenvalue weighted by molar-refractivity contribution is 1.62. The summed E-state index contributed by atoms with van der Waals surface area (Å²) in [4.78, 5) is 0. The SMILES string of the molecule is c1ccc(-c2ccc(-c3cc4cc5c(cc4cc3-c3cccc4ccccc34)-c3cccc4cccc-5c34)c3ccccc23)cc1. The first-order valence-electron chi connectivity index (χ1n) is 16.0. The van der Waals surface area contributed by atoms with E-state index in [4.69, 9.17) is 0 Å². The molecule has 0 radical (unpaired) electrons. The second-order valence-electron chi connectivity index (χ2n) is 12.5. The van der Waals surface area contributed by atoms with Crippen molar-refractivity contribution in [2.75, 3.05) is 0 Å². The molecule has 0 unspecified atom stereocenters. The van der Waals surface area contributed by atoms with Gasteiger partial charge in [0.1, 0.15) is 0 Å². The Kier molecular flexibility index (Phi) is 5.38. The summed E-state index contributed by atoms with van der Waals surface area (Å²) in [5.41, 5.74) is 12.9. The van der Waals surface area contributed by atoms with Crippen LogP contribution in [0, 0.1) is 0 Å². The van der Waals surface area contributed by atoms with Gasteiger partial charge in [0.2, 0.25) is 0 Å². The maximum Gasteiger partial charge on any atom is -0.00264 e. The summed E-state index contributed by atoms with van der Waals surface area (Å²) in [7, 11) is 0. The van der Waals surface area contributed by atoms with Gasteiger partial charge in [0.25, 0.3) is 0 Å². The molecular formula is C46H28. The Morgan fingerprint density at radius 3 is 1.30 bits per heavy atom. The maximum absolute atomic E-state index is 2.44. The van der Waals surface area contributed by atoms with E-state index in [2.05, 4.69) is 170 Å². The van der Waals surface area contributed by atoms with Gasteiger partial charge in [0, 0.05) is 0 Å². The molecule has 0 amide bonds. The summed E-state index contributed by atoms with van der Waals surface area (Å²) in [6, 6.07) is 62.9. The van der Waals surface area contributed by atoms with E-state index in [9.17, 15) is 0 Å². The van der Waals surface area contributed by atoms with E-state index in [-0.39, 0.29) is 0 Å². The smallest absolute Gasteiger partial charge is 0.00264 e. The average molecular weight is 581 g/mol. The third kappa shape index (κ3) is 3.68. The summed E-state index contributed by atoms with van der Waals surface area (Å²) in [5, 5.41) is 10.3. The molecule has 46 heavy (non-hydrogen) atoms. The van der Waals surface area contributed by atoms with Crippen molar-refractivity contribution in [1.29, 1.82) is 0 Å². The minimum atomic E-state index is 1.24. The lowest BCUT2D eigenvalue weighted by Crippen LogP contribution is -1.92. The molecule has 10 rings (SSSR count). The predicted molar refractivity (Wildman–Crippen MR) is 197 cm³/mol. The summed E-state index contributed by atoms with van der Waals surface area (Å²) in [6.07, 6.45) is 0. The van der Waals surface area contributed by atoms with Crippen LogP contribution >= 0.6 is 0 Å². The van der Waals surface area contributed by atoms with E-state index in [1.165, 1.54) is 98.7 Å². The van der Waals surface area contributed by atoms with Crippen molar-refractivity contribution in [3.05, 3.63) is 170 Å². The summed E-state index contributed by atoms with van der Waals surface area (Å²) in [6.45, 7) is 0. The summed E-state index contributed by atoms with van der Waals surface area (Å²) in [5.74, 6) is 0. The molecule has 0 fully saturated rings. The summed E-state index contributed by atoms with van der Waals surface area (Å²) >= 11 is 0. The molecule has 0 nitrogen and oxygen atoms in total. The van der Waals surface area contributed by atoms with Crippen molar-refractivity contribution in [3.8, 4) is 55.6 Å².